The largest absolute Gasteiger partial charge is 0.323 e. The average molecular weight is 271 g/mol. The molecular weight excluding hydrogens is 254 g/mol. The first-order valence-corrected chi connectivity index (χ1v) is 6.73. The summed E-state index contributed by atoms with van der Waals surface area (Å²) in [5.41, 5.74) is 6.90. The van der Waals surface area contributed by atoms with Gasteiger partial charge < -0.3 is 11.1 Å². The Bertz CT molecular complexity index is 602. The Balaban J connectivity index is 1.86. The van der Waals surface area contributed by atoms with E-state index in [-0.39, 0.29) is 5.91 Å². The normalized spacial score (nSPS) is 17.1. The fourth-order valence-electron chi connectivity index (χ4n) is 2.59. The van der Waals surface area contributed by atoms with Gasteiger partial charge in [0, 0.05) is 0 Å². The van der Waals surface area contributed by atoms with Gasteiger partial charge in [-0.05, 0) is 25.0 Å². The molecule has 6 heteroatoms. The van der Waals surface area contributed by atoms with Crippen LogP contribution < -0.4 is 11.1 Å². The SMILES string of the molecule is NC1(C(=O)Nc2ccccc2-n2cncn2)CCCC1. The van der Waals surface area contributed by atoms with Crippen LogP contribution in [0, 0.1) is 0 Å². The van der Waals surface area contributed by atoms with E-state index in [4.69, 9.17) is 5.73 Å². The van der Waals surface area contributed by atoms with Gasteiger partial charge in [0.05, 0.1) is 16.9 Å². The molecule has 104 valence electrons. The number of nitrogens with one attached hydrogen (secondary N) is 1. The molecule has 0 spiro atoms. The molecule has 3 N–H and O–H groups in total. The zero-order valence-electron chi connectivity index (χ0n) is 11.1. The van der Waals surface area contributed by atoms with Gasteiger partial charge in [0.2, 0.25) is 5.91 Å². The van der Waals surface area contributed by atoms with Crippen molar-refractivity contribution in [3.8, 4) is 5.69 Å². The highest BCUT2D eigenvalue weighted by Crippen LogP contribution is 2.29. The summed E-state index contributed by atoms with van der Waals surface area (Å²) >= 11 is 0. The molecule has 6 nitrogen and oxygen atoms in total. The monoisotopic (exact) mass is 271 g/mol. The molecule has 1 aromatic heterocycles. The van der Waals surface area contributed by atoms with Crippen molar-refractivity contribution in [3.63, 3.8) is 0 Å². The number of amides is 1. The second-order valence-electron chi connectivity index (χ2n) is 5.17. The van der Waals surface area contributed by atoms with Crippen molar-refractivity contribution in [1.82, 2.24) is 14.8 Å². The molecule has 0 atom stereocenters. The standard InChI is InChI=1S/C14H17N5O/c15-14(7-3-4-8-14)13(20)18-11-5-1-2-6-12(11)19-10-16-9-17-19/h1-2,5-6,9-10H,3-4,7-8,15H2,(H,18,20). The van der Waals surface area contributed by atoms with E-state index in [1.165, 1.54) is 6.33 Å². The van der Waals surface area contributed by atoms with Crippen molar-refractivity contribution < 1.29 is 4.79 Å². The molecule has 1 aromatic carbocycles. The number of rotatable bonds is 3. The van der Waals surface area contributed by atoms with Crippen LogP contribution in [-0.2, 0) is 4.79 Å². The van der Waals surface area contributed by atoms with Crippen molar-refractivity contribution in [3.05, 3.63) is 36.9 Å². The maximum Gasteiger partial charge on any atom is 0.244 e. The van der Waals surface area contributed by atoms with Crippen molar-refractivity contribution >= 4 is 11.6 Å². The van der Waals surface area contributed by atoms with Gasteiger partial charge in [-0.1, -0.05) is 25.0 Å². The van der Waals surface area contributed by atoms with Gasteiger partial charge in [-0.25, -0.2) is 9.67 Å². The number of carbonyl (C=O) groups is 1. The lowest BCUT2D eigenvalue weighted by atomic mass is 9.98. The Hall–Kier alpha value is -2.21. The molecular formula is C14H17N5O. The maximum atomic E-state index is 12.4. The first-order valence-electron chi connectivity index (χ1n) is 6.73. The highest BCUT2D eigenvalue weighted by Gasteiger charge is 2.37. The molecule has 0 unspecified atom stereocenters. The van der Waals surface area contributed by atoms with E-state index in [9.17, 15) is 4.79 Å². The highest BCUT2D eigenvalue weighted by molar-refractivity contribution is 5.99. The molecule has 1 aliphatic carbocycles. The van der Waals surface area contributed by atoms with Crippen LogP contribution in [0.4, 0.5) is 5.69 Å². The minimum absolute atomic E-state index is 0.123. The van der Waals surface area contributed by atoms with E-state index in [2.05, 4.69) is 15.4 Å². The van der Waals surface area contributed by atoms with Gasteiger partial charge in [-0.2, -0.15) is 5.10 Å². The lowest BCUT2D eigenvalue weighted by Gasteiger charge is -2.23. The quantitative estimate of drug-likeness (QED) is 0.885. The van der Waals surface area contributed by atoms with Crippen LogP contribution in [0.2, 0.25) is 0 Å². The first-order chi connectivity index (χ1) is 9.69. The third-order valence-corrected chi connectivity index (χ3v) is 3.77. The number of nitrogens with two attached hydrogens (primary N) is 1. The molecule has 1 heterocycles. The number of benzene rings is 1. The fourth-order valence-corrected chi connectivity index (χ4v) is 2.59. The van der Waals surface area contributed by atoms with E-state index in [1.807, 2.05) is 24.3 Å². The Kier molecular flexibility index (Phi) is 3.23. The number of anilines is 1. The van der Waals surface area contributed by atoms with Crippen LogP contribution in [0.15, 0.2) is 36.9 Å². The minimum Gasteiger partial charge on any atom is -0.323 e. The molecule has 0 aliphatic heterocycles. The highest BCUT2D eigenvalue weighted by atomic mass is 16.2. The molecule has 1 amide bonds. The van der Waals surface area contributed by atoms with Gasteiger partial charge in [0.15, 0.2) is 0 Å². The Morgan fingerprint density at radius 2 is 2.05 bits per heavy atom. The summed E-state index contributed by atoms with van der Waals surface area (Å²) in [6, 6.07) is 7.48. The average Bonchev–Trinajstić information content (AvgIpc) is 3.11. The second-order valence-corrected chi connectivity index (χ2v) is 5.17. The van der Waals surface area contributed by atoms with E-state index in [0.29, 0.717) is 5.69 Å². The van der Waals surface area contributed by atoms with E-state index >= 15 is 0 Å². The topological polar surface area (TPSA) is 85.8 Å². The Labute approximate surface area is 117 Å². The van der Waals surface area contributed by atoms with Crippen molar-refractivity contribution in [2.45, 2.75) is 31.2 Å². The smallest absolute Gasteiger partial charge is 0.244 e. The molecule has 0 bridgehead atoms. The van der Waals surface area contributed by atoms with Crippen LogP contribution >= 0.6 is 0 Å². The van der Waals surface area contributed by atoms with Crippen LogP contribution in [0.5, 0.6) is 0 Å². The third-order valence-electron chi connectivity index (χ3n) is 3.77. The van der Waals surface area contributed by atoms with E-state index in [0.717, 1.165) is 31.4 Å². The van der Waals surface area contributed by atoms with Gasteiger partial charge >= 0.3 is 0 Å². The second kappa shape index (κ2) is 5.05. The third kappa shape index (κ3) is 2.30. The molecule has 20 heavy (non-hydrogen) atoms. The summed E-state index contributed by atoms with van der Waals surface area (Å²) in [5, 5.41) is 7.02. The van der Waals surface area contributed by atoms with Crippen molar-refractivity contribution in [1.29, 1.82) is 0 Å². The van der Waals surface area contributed by atoms with Crippen LogP contribution in [0.25, 0.3) is 5.69 Å². The molecule has 1 fully saturated rings. The number of nitrogens with zero attached hydrogens (tertiary/aromatic N) is 3. The molecule has 2 aromatic rings. The minimum atomic E-state index is -0.741. The van der Waals surface area contributed by atoms with Gasteiger partial charge in [0.1, 0.15) is 12.7 Å². The number of carbonyl (C=O) groups excluding carboxylic acids is 1. The molecule has 3 rings (SSSR count). The summed E-state index contributed by atoms with van der Waals surface area (Å²) < 4.78 is 1.62. The van der Waals surface area contributed by atoms with E-state index in [1.54, 1.807) is 11.0 Å². The maximum absolute atomic E-state index is 12.4. The zero-order valence-corrected chi connectivity index (χ0v) is 11.1. The number of aromatic nitrogens is 3. The van der Waals surface area contributed by atoms with Crippen LogP contribution in [-0.4, -0.2) is 26.2 Å². The first kappa shape index (κ1) is 12.8. The van der Waals surface area contributed by atoms with Crippen molar-refractivity contribution in [2.24, 2.45) is 5.73 Å². The van der Waals surface area contributed by atoms with Gasteiger partial charge in [-0.3, -0.25) is 4.79 Å². The lowest BCUT2D eigenvalue weighted by molar-refractivity contribution is -0.121. The summed E-state index contributed by atoms with van der Waals surface area (Å²) in [6.45, 7) is 0. The summed E-state index contributed by atoms with van der Waals surface area (Å²) in [7, 11) is 0. The predicted molar refractivity (Wildman–Crippen MR) is 75.4 cm³/mol. The van der Waals surface area contributed by atoms with Crippen LogP contribution in [0.3, 0.4) is 0 Å². The summed E-state index contributed by atoms with van der Waals surface area (Å²) in [6.07, 6.45) is 6.55. The van der Waals surface area contributed by atoms with E-state index < -0.39 is 5.54 Å². The lowest BCUT2D eigenvalue weighted by Crippen LogP contribution is -2.48. The fraction of sp³-hybridized carbons (Fsp3) is 0.357. The molecule has 1 aliphatic rings. The summed E-state index contributed by atoms with van der Waals surface area (Å²) in [5.74, 6) is -0.123. The molecule has 0 radical (unpaired) electrons. The number of hydrogen-bond acceptors (Lipinski definition) is 4. The zero-order chi connectivity index (χ0) is 14.0. The van der Waals surface area contributed by atoms with Gasteiger partial charge in [-0.15, -0.1) is 0 Å². The Morgan fingerprint density at radius 1 is 1.30 bits per heavy atom. The predicted octanol–water partition coefficient (Wildman–Crippen LogP) is 1.48. The van der Waals surface area contributed by atoms with Gasteiger partial charge in [0.25, 0.3) is 0 Å². The molecule has 0 saturated heterocycles. The number of hydrogen-bond donors (Lipinski definition) is 2. The summed E-state index contributed by atoms with van der Waals surface area (Å²) in [4.78, 5) is 16.3. The number of para-hydroxylation sites is 2. The Morgan fingerprint density at radius 3 is 2.75 bits per heavy atom. The van der Waals surface area contributed by atoms with Crippen molar-refractivity contribution in [2.75, 3.05) is 5.32 Å². The van der Waals surface area contributed by atoms with Crippen LogP contribution in [0.1, 0.15) is 25.7 Å². The molecule has 1 saturated carbocycles.